The van der Waals surface area contributed by atoms with Gasteiger partial charge < -0.3 is 4.74 Å². The average molecular weight is 122 g/mol. The van der Waals surface area contributed by atoms with Crippen LogP contribution in [-0.4, -0.2) is 11.6 Å². The van der Waals surface area contributed by atoms with Crippen LogP contribution in [0.15, 0.2) is 18.5 Å². The van der Waals surface area contributed by atoms with Crippen LogP contribution in [-0.2, 0) is 0 Å². The molecule has 1 aromatic rings. The highest BCUT2D eigenvalue weighted by Gasteiger charge is 1.85. The first kappa shape index (κ1) is 6.08. The Morgan fingerprint density at radius 2 is 2.67 bits per heavy atom. The Hall–Kier alpha value is -1.05. The number of aromatic nitrogens is 1. The highest BCUT2D eigenvalue weighted by molar-refractivity contribution is 5.12. The number of hydrogen-bond acceptors (Lipinski definition) is 2. The number of rotatable bonds is 2. The molecule has 0 atom stereocenters. The van der Waals surface area contributed by atoms with Crippen LogP contribution in [0, 0.1) is 6.07 Å². The molecule has 0 aliphatic rings. The molecule has 1 rings (SSSR count). The van der Waals surface area contributed by atoms with Crippen molar-refractivity contribution in [2.24, 2.45) is 0 Å². The quantitative estimate of drug-likeness (QED) is 0.589. The van der Waals surface area contributed by atoms with Gasteiger partial charge in [0.05, 0.1) is 12.8 Å². The average Bonchev–Trinajstić information content (AvgIpc) is 1.91. The van der Waals surface area contributed by atoms with Crippen molar-refractivity contribution in [3.05, 3.63) is 24.5 Å². The van der Waals surface area contributed by atoms with Crippen LogP contribution in [0.3, 0.4) is 0 Å². The maximum absolute atomic E-state index is 5.09. The number of pyridine rings is 1. The third-order valence-electron chi connectivity index (χ3n) is 0.878. The molecule has 0 fully saturated rings. The lowest BCUT2D eigenvalue weighted by Gasteiger charge is -1.97. The minimum absolute atomic E-state index is 0.669. The first-order chi connectivity index (χ1) is 4.43. The second-order valence-corrected chi connectivity index (χ2v) is 1.54. The van der Waals surface area contributed by atoms with Crippen molar-refractivity contribution in [1.29, 1.82) is 0 Å². The van der Waals surface area contributed by atoms with Crippen molar-refractivity contribution in [2.75, 3.05) is 6.61 Å². The van der Waals surface area contributed by atoms with E-state index in [1.54, 1.807) is 18.5 Å². The van der Waals surface area contributed by atoms with Gasteiger partial charge in [-0.15, -0.1) is 0 Å². The Balaban J connectivity index is 2.61. The molecule has 0 spiro atoms. The van der Waals surface area contributed by atoms with Crippen LogP contribution in [0.25, 0.3) is 0 Å². The molecule has 0 aromatic carbocycles. The molecule has 2 heteroatoms. The summed E-state index contributed by atoms with van der Waals surface area (Å²) >= 11 is 0. The van der Waals surface area contributed by atoms with Gasteiger partial charge in [-0.25, -0.2) is 0 Å². The molecule has 0 unspecified atom stereocenters. The lowest BCUT2D eigenvalue weighted by atomic mass is 10.5. The second-order valence-electron chi connectivity index (χ2n) is 1.54. The summed E-state index contributed by atoms with van der Waals surface area (Å²) in [6.07, 6.45) is 3.31. The molecule has 0 saturated carbocycles. The van der Waals surface area contributed by atoms with E-state index in [1.165, 1.54) is 0 Å². The first-order valence-corrected chi connectivity index (χ1v) is 2.88. The van der Waals surface area contributed by atoms with Gasteiger partial charge in [-0.3, -0.25) is 4.98 Å². The lowest BCUT2D eigenvalue weighted by molar-refractivity contribution is 0.338. The maximum Gasteiger partial charge on any atom is 0.145 e. The van der Waals surface area contributed by atoms with Gasteiger partial charge in [0.2, 0.25) is 0 Å². The van der Waals surface area contributed by atoms with Gasteiger partial charge in [0.1, 0.15) is 5.75 Å². The highest BCUT2D eigenvalue weighted by atomic mass is 16.5. The summed E-state index contributed by atoms with van der Waals surface area (Å²) in [6, 6.07) is 4.61. The molecule has 0 N–H and O–H groups in total. The van der Waals surface area contributed by atoms with Crippen molar-refractivity contribution < 1.29 is 4.74 Å². The normalized spacial score (nSPS) is 9.00. The van der Waals surface area contributed by atoms with Gasteiger partial charge >= 0.3 is 0 Å². The monoisotopic (exact) mass is 122 g/mol. The molecule has 0 saturated heterocycles. The van der Waals surface area contributed by atoms with Crippen LogP contribution < -0.4 is 4.74 Å². The van der Waals surface area contributed by atoms with Gasteiger partial charge in [0, 0.05) is 12.3 Å². The molecular formula is C7H8NO. The maximum atomic E-state index is 5.09. The molecule has 0 amide bonds. The molecule has 2 nitrogen and oxygen atoms in total. The zero-order valence-corrected chi connectivity index (χ0v) is 5.29. The van der Waals surface area contributed by atoms with E-state index in [4.69, 9.17) is 4.74 Å². The fourth-order valence-electron chi connectivity index (χ4n) is 0.545. The Bertz CT molecular complexity index is 162. The molecule has 1 radical (unpaired) electrons. The fraction of sp³-hybridized carbons (Fsp3) is 0.286. The Morgan fingerprint density at radius 3 is 3.22 bits per heavy atom. The standard InChI is InChI=1S/C7H8NO/c1-2-9-7-4-3-5-8-6-7/h3,5-6H,2H2,1H3. The molecule has 1 heterocycles. The highest BCUT2D eigenvalue weighted by Crippen LogP contribution is 2.03. The van der Waals surface area contributed by atoms with Crippen molar-refractivity contribution >= 4 is 0 Å². The summed E-state index contributed by atoms with van der Waals surface area (Å²) in [5, 5.41) is 0. The molecule has 0 bridgehead atoms. The molecule has 1 aromatic heterocycles. The van der Waals surface area contributed by atoms with Gasteiger partial charge in [-0.05, 0) is 13.0 Å². The van der Waals surface area contributed by atoms with E-state index in [1.807, 2.05) is 6.92 Å². The molecule has 47 valence electrons. The topological polar surface area (TPSA) is 22.1 Å². The van der Waals surface area contributed by atoms with E-state index in [-0.39, 0.29) is 0 Å². The number of ether oxygens (including phenoxy) is 1. The molecule has 9 heavy (non-hydrogen) atoms. The summed E-state index contributed by atoms with van der Waals surface area (Å²) in [5.74, 6) is 0.708. The van der Waals surface area contributed by atoms with E-state index < -0.39 is 0 Å². The third-order valence-corrected chi connectivity index (χ3v) is 0.878. The lowest BCUT2D eigenvalue weighted by Crippen LogP contribution is -1.90. The van der Waals surface area contributed by atoms with E-state index in [9.17, 15) is 0 Å². The minimum Gasteiger partial charge on any atom is -0.492 e. The second kappa shape index (κ2) is 3.07. The van der Waals surface area contributed by atoms with Crippen LogP contribution in [0.4, 0.5) is 0 Å². The van der Waals surface area contributed by atoms with E-state index >= 15 is 0 Å². The van der Waals surface area contributed by atoms with Crippen LogP contribution in [0.5, 0.6) is 5.75 Å². The van der Waals surface area contributed by atoms with E-state index in [2.05, 4.69) is 11.1 Å². The summed E-state index contributed by atoms with van der Waals surface area (Å²) in [5.41, 5.74) is 0. The van der Waals surface area contributed by atoms with E-state index in [0.29, 0.717) is 12.4 Å². The van der Waals surface area contributed by atoms with Crippen molar-refractivity contribution in [1.82, 2.24) is 4.98 Å². The van der Waals surface area contributed by atoms with E-state index in [0.717, 1.165) is 0 Å². The molecule has 0 aliphatic heterocycles. The van der Waals surface area contributed by atoms with Gasteiger partial charge in [0.15, 0.2) is 0 Å². The zero-order chi connectivity index (χ0) is 6.53. The predicted molar refractivity (Wildman–Crippen MR) is 34.2 cm³/mol. The Morgan fingerprint density at radius 1 is 1.78 bits per heavy atom. The fourth-order valence-corrected chi connectivity index (χ4v) is 0.545. The van der Waals surface area contributed by atoms with Crippen molar-refractivity contribution in [2.45, 2.75) is 6.92 Å². The van der Waals surface area contributed by atoms with Crippen molar-refractivity contribution in [3.8, 4) is 5.75 Å². The summed E-state index contributed by atoms with van der Waals surface area (Å²) in [4.78, 5) is 3.85. The van der Waals surface area contributed by atoms with Crippen LogP contribution >= 0.6 is 0 Å². The molecular weight excluding hydrogens is 114 g/mol. The summed E-state index contributed by atoms with van der Waals surface area (Å²) in [7, 11) is 0. The predicted octanol–water partition coefficient (Wildman–Crippen LogP) is 1.28. The van der Waals surface area contributed by atoms with Gasteiger partial charge in [0.25, 0.3) is 0 Å². The van der Waals surface area contributed by atoms with Gasteiger partial charge in [-0.1, -0.05) is 0 Å². The van der Waals surface area contributed by atoms with Gasteiger partial charge in [-0.2, -0.15) is 0 Å². The number of hydrogen-bond donors (Lipinski definition) is 0. The molecule has 0 aliphatic carbocycles. The Labute approximate surface area is 54.5 Å². The largest absolute Gasteiger partial charge is 0.492 e. The zero-order valence-electron chi connectivity index (χ0n) is 5.29. The number of nitrogens with zero attached hydrogens (tertiary/aromatic N) is 1. The summed E-state index contributed by atoms with van der Waals surface area (Å²) in [6.45, 7) is 2.60. The minimum atomic E-state index is 0.669. The third kappa shape index (κ3) is 1.72. The van der Waals surface area contributed by atoms with Crippen LogP contribution in [0.2, 0.25) is 0 Å². The van der Waals surface area contributed by atoms with Crippen LogP contribution in [0.1, 0.15) is 6.92 Å². The Kier molecular flexibility index (Phi) is 2.07. The summed E-state index contributed by atoms with van der Waals surface area (Å²) < 4.78 is 5.09. The van der Waals surface area contributed by atoms with Crippen molar-refractivity contribution in [3.63, 3.8) is 0 Å². The SMILES string of the molecule is CCOc1[c]ccnc1. The first-order valence-electron chi connectivity index (χ1n) is 2.88. The smallest absolute Gasteiger partial charge is 0.145 e.